The number of methoxy groups -OCH3 is 1. The second-order valence-corrected chi connectivity index (χ2v) is 3.87. The van der Waals surface area contributed by atoms with Crippen LogP contribution < -0.4 is 0 Å². The molecule has 0 aliphatic rings. The fourth-order valence-electron chi connectivity index (χ4n) is 1.15. The van der Waals surface area contributed by atoms with Crippen LogP contribution in [0.15, 0.2) is 10.5 Å². The van der Waals surface area contributed by atoms with Crippen LogP contribution in [0.25, 0.3) is 0 Å². The van der Waals surface area contributed by atoms with Gasteiger partial charge >= 0.3 is 5.97 Å². The van der Waals surface area contributed by atoms with Crippen LogP contribution in [-0.4, -0.2) is 18.1 Å². The highest BCUT2D eigenvalue weighted by Crippen LogP contribution is 2.25. The fraction of sp³-hybridized carbons (Fsp3) is 0.300. The molecule has 1 aromatic heterocycles. The lowest BCUT2D eigenvalue weighted by atomic mass is 10.1. The standard InChI is InChI=1S/C10H7BrF2N2O2/c1-17-9(16)3-7-5(4-14)6(11)2-8(15-7)10(12)13/h2,10H,3H2,1H3. The van der Waals surface area contributed by atoms with Crippen molar-refractivity contribution in [1.29, 1.82) is 5.26 Å². The lowest BCUT2D eigenvalue weighted by Crippen LogP contribution is -2.10. The molecule has 0 saturated carbocycles. The van der Waals surface area contributed by atoms with Gasteiger partial charge in [0, 0.05) is 4.47 Å². The topological polar surface area (TPSA) is 63.0 Å². The van der Waals surface area contributed by atoms with E-state index < -0.39 is 18.1 Å². The number of hydrogen-bond donors (Lipinski definition) is 0. The van der Waals surface area contributed by atoms with Gasteiger partial charge in [-0.05, 0) is 22.0 Å². The minimum Gasteiger partial charge on any atom is -0.469 e. The van der Waals surface area contributed by atoms with E-state index in [4.69, 9.17) is 5.26 Å². The number of rotatable bonds is 3. The molecule has 4 nitrogen and oxygen atoms in total. The molecule has 0 atom stereocenters. The summed E-state index contributed by atoms with van der Waals surface area (Å²) in [6.07, 6.45) is -3.09. The average Bonchev–Trinajstić information content (AvgIpc) is 2.28. The first kappa shape index (κ1) is 13.5. The molecule has 7 heteroatoms. The third-order valence-electron chi connectivity index (χ3n) is 1.94. The van der Waals surface area contributed by atoms with E-state index in [9.17, 15) is 13.6 Å². The zero-order valence-corrected chi connectivity index (χ0v) is 10.3. The molecule has 90 valence electrons. The van der Waals surface area contributed by atoms with E-state index in [2.05, 4.69) is 25.7 Å². The zero-order chi connectivity index (χ0) is 13.0. The molecule has 0 bridgehead atoms. The van der Waals surface area contributed by atoms with Crippen LogP contribution in [0.4, 0.5) is 8.78 Å². The Hall–Kier alpha value is -1.55. The predicted molar refractivity (Wildman–Crippen MR) is 57.3 cm³/mol. The minimum atomic E-state index is -2.77. The summed E-state index contributed by atoms with van der Waals surface area (Å²) in [5, 5.41) is 8.85. The number of hydrogen-bond acceptors (Lipinski definition) is 4. The van der Waals surface area contributed by atoms with E-state index in [1.54, 1.807) is 6.07 Å². The zero-order valence-electron chi connectivity index (χ0n) is 8.71. The van der Waals surface area contributed by atoms with E-state index >= 15 is 0 Å². The lowest BCUT2D eigenvalue weighted by Gasteiger charge is -2.07. The van der Waals surface area contributed by atoms with Gasteiger partial charge in [-0.2, -0.15) is 5.26 Å². The molecule has 0 N–H and O–H groups in total. The van der Waals surface area contributed by atoms with Crippen molar-refractivity contribution in [3.05, 3.63) is 27.5 Å². The van der Waals surface area contributed by atoms with Gasteiger partial charge in [0.15, 0.2) is 0 Å². The second-order valence-electron chi connectivity index (χ2n) is 3.02. The van der Waals surface area contributed by atoms with Crippen LogP contribution in [0, 0.1) is 11.3 Å². The number of carbonyl (C=O) groups excluding carboxylic acids is 1. The van der Waals surface area contributed by atoms with Crippen LogP contribution in [0.1, 0.15) is 23.4 Å². The summed E-state index contributed by atoms with van der Waals surface area (Å²) in [5.74, 6) is -0.646. The van der Waals surface area contributed by atoms with Gasteiger partial charge in [-0.3, -0.25) is 4.79 Å². The van der Waals surface area contributed by atoms with Crippen molar-refractivity contribution in [3.63, 3.8) is 0 Å². The summed E-state index contributed by atoms with van der Waals surface area (Å²) in [7, 11) is 1.17. The van der Waals surface area contributed by atoms with E-state index in [0.29, 0.717) is 0 Å². The Bertz CT molecular complexity index is 486. The monoisotopic (exact) mass is 304 g/mol. The molecule has 17 heavy (non-hydrogen) atoms. The summed E-state index contributed by atoms with van der Waals surface area (Å²) in [6, 6.07) is 2.86. The Kier molecular flexibility index (Phi) is 4.52. The molecule has 0 amide bonds. The Morgan fingerprint density at radius 2 is 2.35 bits per heavy atom. The number of esters is 1. The Balaban J connectivity index is 3.25. The third-order valence-corrected chi connectivity index (χ3v) is 2.57. The molecular weight excluding hydrogens is 298 g/mol. The van der Waals surface area contributed by atoms with Gasteiger partial charge in [-0.25, -0.2) is 13.8 Å². The van der Waals surface area contributed by atoms with Gasteiger partial charge in [-0.1, -0.05) is 0 Å². The average molecular weight is 305 g/mol. The molecule has 1 rings (SSSR count). The van der Waals surface area contributed by atoms with Gasteiger partial charge in [0.25, 0.3) is 6.43 Å². The highest BCUT2D eigenvalue weighted by molar-refractivity contribution is 9.10. The summed E-state index contributed by atoms with van der Waals surface area (Å²) in [4.78, 5) is 14.7. The highest BCUT2D eigenvalue weighted by atomic mass is 79.9. The first-order chi connectivity index (χ1) is 7.99. The van der Waals surface area contributed by atoms with Crippen LogP contribution in [-0.2, 0) is 16.0 Å². The summed E-state index contributed by atoms with van der Waals surface area (Å²) in [5.41, 5.74) is -0.460. The first-order valence-electron chi connectivity index (χ1n) is 4.44. The number of aromatic nitrogens is 1. The first-order valence-corrected chi connectivity index (χ1v) is 5.23. The quantitative estimate of drug-likeness (QED) is 0.804. The third kappa shape index (κ3) is 3.20. The predicted octanol–water partition coefficient (Wildman–Crippen LogP) is 2.37. The molecule has 1 heterocycles. The fourth-order valence-corrected chi connectivity index (χ4v) is 1.70. The molecule has 0 radical (unpaired) electrons. The van der Waals surface area contributed by atoms with Crippen LogP contribution >= 0.6 is 15.9 Å². The van der Waals surface area contributed by atoms with Gasteiger partial charge in [0.1, 0.15) is 11.8 Å². The minimum absolute atomic E-state index is 0.0241. The van der Waals surface area contributed by atoms with Crippen molar-refractivity contribution < 1.29 is 18.3 Å². The number of alkyl halides is 2. The SMILES string of the molecule is COC(=O)Cc1nc(C(F)F)cc(Br)c1C#N. The molecule has 1 aromatic rings. The Morgan fingerprint density at radius 1 is 1.71 bits per heavy atom. The second kappa shape index (κ2) is 5.68. The maximum atomic E-state index is 12.5. The maximum Gasteiger partial charge on any atom is 0.311 e. The molecule has 0 aromatic carbocycles. The van der Waals surface area contributed by atoms with Crippen molar-refractivity contribution in [1.82, 2.24) is 4.98 Å². The summed E-state index contributed by atoms with van der Waals surface area (Å²) >= 11 is 2.99. The number of pyridine rings is 1. The maximum absolute atomic E-state index is 12.5. The van der Waals surface area contributed by atoms with Crippen LogP contribution in [0.3, 0.4) is 0 Å². The van der Waals surface area contributed by atoms with E-state index in [1.807, 2.05) is 0 Å². The molecule has 0 fully saturated rings. The number of nitriles is 1. The van der Waals surface area contributed by atoms with Crippen molar-refractivity contribution >= 4 is 21.9 Å². The number of carbonyl (C=O) groups is 1. The largest absolute Gasteiger partial charge is 0.469 e. The van der Waals surface area contributed by atoms with E-state index in [-0.39, 0.29) is 22.2 Å². The lowest BCUT2D eigenvalue weighted by molar-refractivity contribution is -0.139. The molecule has 0 saturated heterocycles. The normalized spacial score (nSPS) is 10.1. The highest BCUT2D eigenvalue weighted by Gasteiger charge is 2.18. The van der Waals surface area contributed by atoms with Crippen molar-refractivity contribution in [2.24, 2.45) is 0 Å². The van der Waals surface area contributed by atoms with Gasteiger partial charge in [0.05, 0.1) is 24.8 Å². The number of nitrogens with zero attached hydrogens (tertiary/aromatic N) is 2. The molecular formula is C10H7BrF2N2O2. The number of ether oxygens (including phenoxy) is 1. The molecule has 0 aliphatic carbocycles. The molecule has 0 aliphatic heterocycles. The van der Waals surface area contributed by atoms with Crippen molar-refractivity contribution in [2.75, 3.05) is 7.11 Å². The molecule has 0 unspecified atom stereocenters. The summed E-state index contributed by atoms with van der Waals surface area (Å²) in [6.45, 7) is 0. The van der Waals surface area contributed by atoms with Crippen LogP contribution in [0.5, 0.6) is 0 Å². The van der Waals surface area contributed by atoms with Crippen LogP contribution in [0.2, 0.25) is 0 Å². The van der Waals surface area contributed by atoms with Crippen molar-refractivity contribution in [2.45, 2.75) is 12.8 Å². The number of halogens is 3. The smallest absolute Gasteiger partial charge is 0.311 e. The van der Waals surface area contributed by atoms with Crippen molar-refractivity contribution in [3.8, 4) is 6.07 Å². The van der Waals surface area contributed by atoms with E-state index in [0.717, 1.165) is 6.07 Å². The Labute approximate surface area is 104 Å². The van der Waals surface area contributed by atoms with Gasteiger partial charge < -0.3 is 4.74 Å². The molecule has 0 spiro atoms. The van der Waals surface area contributed by atoms with Gasteiger partial charge in [-0.15, -0.1) is 0 Å². The Morgan fingerprint density at radius 3 is 2.82 bits per heavy atom. The van der Waals surface area contributed by atoms with E-state index in [1.165, 1.54) is 7.11 Å². The van der Waals surface area contributed by atoms with Gasteiger partial charge in [0.2, 0.25) is 0 Å². The summed E-state index contributed by atoms with van der Waals surface area (Å²) < 4.78 is 29.6.